The highest BCUT2D eigenvalue weighted by Crippen LogP contribution is 2.39. The van der Waals surface area contributed by atoms with Crippen molar-refractivity contribution in [1.82, 2.24) is 0 Å². The highest BCUT2D eigenvalue weighted by atomic mass is 19.1. The van der Waals surface area contributed by atoms with E-state index in [1.807, 2.05) is 24.3 Å². The zero-order chi connectivity index (χ0) is 14.3. The van der Waals surface area contributed by atoms with Gasteiger partial charge in [0, 0.05) is 17.5 Å². The molecule has 2 aromatic carbocycles. The summed E-state index contributed by atoms with van der Waals surface area (Å²) in [5.74, 6) is -0.0354. The van der Waals surface area contributed by atoms with E-state index in [0.29, 0.717) is 12.0 Å². The van der Waals surface area contributed by atoms with Gasteiger partial charge in [-0.15, -0.1) is 0 Å². The molecule has 2 heteroatoms. The first-order chi connectivity index (χ1) is 9.49. The molecule has 0 aliphatic heterocycles. The lowest BCUT2D eigenvalue weighted by atomic mass is 9.71. The molecule has 0 amide bonds. The molecule has 0 bridgehead atoms. The summed E-state index contributed by atoms with van der Waals surface area (Å²) in [7, 11) is 0. The van der Waals surface area contributed by atoms with Crippen LogP contribution in [0.5, 0.6) is 0 Å². The van der Waals surface area contributed by atoms with E-state index in [-0.39, 0.29) is 17.0 Å². The van der Waals surface area contributed by atoms with Gasteiger partial charge >= 0.3 is 0 Å². The third-order valence-electron chi connectivity index (χ3n) is 4.21. The Morgan fingerprint density at radius 3 is 2.55 bits per heavy atom. The van der Waals surface area contributed by atoms with Crippen LogP contribution in [-0.2, 0) is 5.41 Å². The van der Waals surface area contributed by atoms with Crippen LogP contribution in [0.4, 0.5) is 4.39 Å². The molecule has 0 heterocycles. The summed E-state index contributed by atoms with van der Waals surface area (Å²) in [4.78, 5) is 12.0. The van der Waals surface area contributed by atoms with Gasteiger partial charge < -0.3 is 0 Å². The second-order valence-electron chi connectivity index (χ2n) is 6.05. The normalized spacial score (nSPS) is 16.9. The van der Waals surface area contributed by atoms with Gasteiger partial charge in [-0.2, -0.15) is 0 Å². The first kappa shape index (κ1) is 13.0. The van der Waals surface area contributed by atoms with E-state index in [1.54, 1.807) is 12.1 Å². The summed E-state index contributed by atoms with van der Waals surface area (Å²) in [5, 5.41) is 0. The summed E-state index contributed by atoms with van der Waals surface area (Å²) in [6.07, 6.45) is 1.44. The van der Waals surface area contributed by atoms with Crippen LogP contribution in [0.25, 0.3) is 11.1 Å². The molecule has 1 nitrogen and oxygen atoms in total. The SMILES string of the molecule is CC1(C)CCC(=O)c2ccc(-c3ccccc3F)cc21. The Hall–Kier alpha value is -1.96. The van der Waals surface area contributed by atoms with Gasteiger partial charge in [0.1, 0.15) is 5.82 Å². The molecule has 1 aliphatic rings. The fraction of sp³-hybridized carbons (Fsp3) is 0.278. The molecular weight excluding hydrogens is 251 g/mol. The van der Waals surface area contributed by atoms with Crippen molar-refractivity contribution in [1.29, 1.82) is 0 Å². The highest BCUT2D eigenvalue weighted by molar-refractivity contribution is 5.99. The van der Waals surface area contributed by atoms with Gasteiger partial charge in [-0.1, -0.05) is 44.2 Å². The number of fused-ring (bicyclic) bond motifs is 1. The number of ketones is 1. The average molecular weight is 268 g/mol. The number of hydrogen-bond donors (Lipinski definition) is 0. The van der Waals surface area contributed by atoms with Crippen molar-refractivity contribution >= 4 is 5.78 Å². The van der Waals surface area contributed by atoms with Crippen LogP contribution in [0.3, 0.4) is 0 Å². The quantitative estimate of drug-likeness (QED) is 0.729. The molecule has 2 aromatic rings. The Morgan fingerprint density at radius 2 is 1.80 bits per heavy atom. The van der Waals surface area contributed by atoms with Crippen molar-refractivity contribution in [3.05, 3.63) is 59.4 Å². The summed E-state index contributed by atoms with van der Waals surface area (Å²) in [6.45, 7) is 4.28. The minimum atomic E-state index is -0.229. The molecule has 0 saturated heterocycles. The van der Waals surface area contributed by atoms with Crippen LogP contribution in [0.1, 0.15) is 42.6 Å². The van der Waals surface area contributed by atoms with Crippen molar-refractivity contribution < 1.29 is 9.18 Å². The van der Waals surface area contributed by atoms with Crippen molar-refractivity contribution in [2.24, 2.45) is 0 Å². The summed E-state index contributed by atoms with van der Waals surface area (Å²) < 4.78 is 13.9. The lowest BCUT2D eigenvalue weighted by Gasteiger charge is -2.32. The van der Waals surface area contributed by atoms with Gasteiger partial charge in [0.05, 0.1) is 0 Å². The van der Waals surface area contributed by atoms with Crippen LogP contribution in [-0.4, -0.2) is 5.78 Å². The minimum Gasteiger partial charge on any atom is -0.294 e. The molecule has 0 saturated carbocycles. The second kappa shape index (κ2) is 4.55. The number of carbonyl (C=O) groups excluding carboxylic acids is 1. The molecular formula is C18H17FO. The van der Waals surface area contributed by atoms with Crippen molar-refractivity contribution in [2.45, 2.75) is 32.1 Å². The predicted molar refractivity (Wildman–Crippen MR) is 78.4 cm³/mol. The Kier molecular flexibility index (Phi) is 2.97. The molecule has 0 unspecified atom stereocenters. The zero-order valence-electron chi connectivity index (χ0n) is 11.7. The van der Waals surface area contributed by atoms with Gasteiger partial charge in [0.15, 0.2) is 5.78 Å². The largest absolute Gasteiger partial charge is 0.294 e. The molecule has 20 heavy (non-hydrogen) atoms. The van der Waals surface area contributed by atoms with Crippen LogP contribution >= 0.6 is 0 Å². The van der Waals surface area contributed by atoms with E-state index in [4.69, 9.17) is 0 Å². The Balaban J connectivity index is 2.18. The molecule has 0 aromatic heterocycles. The van der Waals surface area contributed by atoms with Crippen LogP contribution in [0, 0.1) is 5.82 Å². The highest BCUT2D eigenvalue weighted by Gasteiger charge is 2.31. The van der Waals surface area contributed by atoms with Crippen LogP contribution < -0.4 is 0 Å². The molecule has 102 valence electrons. The topological polar surface area (TPSA) is 17.1 Å². The van der Waals surface area contributed by atoms with E-state index < -0.39 is 0 Å². The number of halogens is 1. The van der Waals surface area contributed by atoms with Crippen molar-refractivity contribution in [3.63, 3.8) is 0 Å². The van der Waals surface area contributed by atoms with Gasteiger partial charge in [-0.25, -0.2) is 4.39 Å². The first-order valence-corrected chi connectivity index (χ1v) is 6.92. The number of rotatable bonds is 1. The summed E-state index contributed by atoms with van der Waals surface area (Å²) in [5.41, 5.74) is 3.22. The van der Waals surface area contributed by atoms with Crippen molar-refractivity contribution in [3.8, 4) is 11.1 Å². The number of hydrogen-bond acceptors (Lipinski definition) is 1. The maximum atomic E-state index is 13.9. The summed E-state index contributed by atoms with van der Waals surface area (Å²) >= 11 is 0. The van der Waals surface area contributed by atoms with E-state index in [9.17, 15) is 9.18 Å². The predicted octanol–water partition coefficient (Wildman–Crippen LogP) is 4.75. The van der Waals surface area contributed by atoms with E-state index in [2.05, 4.69) is 13.8 Å². The zero-order valence-corrected chi connectivity index (χ0v) is 11.7. The van der Waals surface area contributed by atoms with Gasteiger partial charge in [-0.05, 0) is 35.1 Å². The van der Waals surface area contributed by atoms with Crippen LogP contribution in [0.2, 0.25) is 0 Å². The van der Waals surface area contributed by atoms with Gasteiger partial charge in [0.25, 0.3) is 0 Å². The minimum absolute atomic E-state index is 0.0372. The van der Waals surface area contributed by atoms with E-state index >= 15 is 0 Å². The number of benzene rings is 2. The van der Waals surface area contributed by atoms with E-state index in [0.717, 1.165) is 23.1 Å². The number of Topliss-reactive ketones (excluding diaryl/α,β-unsaturated/α-hetero) is 1. The summed E-state index contributed by atoms with van der Waals surface area (Å²) in [6, 6.07) is 12.4. The standard InChI is InChI=1S/C18H17FO/c1-18(2)10-9-17(20)14-8-7-12(11-15(14)18)13-5-3-4-6-16(13)19/h3-8,11H,9-10H2,1-2H3. The van der Waals surface area contributed by atoms with Crippen molar-refractivity contribution in [2.75, 3.05) is 0 Å². The lowest BCUT2D eigenvalue weighted by Crippen LogP contribution is -2.27. The molecule has 0 atom stereocenters. The van der Waals surface area contributed by atoms with E-state index in [1.165, 1.54) is 6.07 Å². The van der Waals surface area contributed by atoms with Gasteiger partial charge in [0.2, 0.25) is 0 Å². The molecule has 1 aliphatic carbocycles. The Labute approximate surface area is 118 Å². The Morgan fingerprint density at radius 1 is 1.05 bits per heavy atom. The molecule has 0 N–H and O–H groups in total. The third kappa shape index (κ3) is 2.05. The molecule has 0 radical (unpaired) electrons. The smallest absolute Gasteiger partial charge is 0.163 e. The first-order valence-electron chi connectivity index (χ1n) is 6.92. The fourth-order valence-electron chi connectivity index (χ4n) is 2.91. The molecule has 0 spiro atoms. The third-order valence-corrected chi connectivity index (χ3v) is 4.21. The average Bonchev–Trinajstić information content (AvgIpc) is 2.44. The Bertz CT molecular complexity index is 686. The molecule has 3 rings (SSSR count). The fourth-order valence-corrected chi connectivity index (χ4v) is 2.91. The maximum absolute atomic E-state index is 13.9. The second-order valence-corrected chi connectivity index (χ2v) is 6.05. The monoisotopic (exact) mass is 268 g/mol. The number of carbonyl (C=O) groups is 1. The van der Waals surface area contributed by atoms with Crippen LogP contribution in [0.15, 0.2) is 42.5 Å². The lowest BCUT2D eigenvalue weighted by molar-refractivity contribution is 0.0957. The maximum Gasteiger partial charge on any atom is 0.163 e. The molecule has 0 fully saturated rings. The van der Waals surface area contributed by atoms with Gasteiger partial charge in [-0.3, -0.25) is 4.79 Å².